The van der Waals surface area contributed by atoms with Crippen LogP contribution < -0.4 is 5.32 Å². The summed E-state index contributed by atoms with van der Waals surface area (Å²) in [4.78, 5) is 16.3. The Morgan fingerprint density at radius 3 is 2.29 bits per heavy atom. The number of piperazine rings is 1. The molecule has 2 amide bonds. The molecule has 2 rings (SSSR count). The highest BCUT2D eigenvalue weighted by molar-refractivity contribution is 5.74. The van der Waals surface area contributed by atoms with E-state index >= 15 is 0 Å². The molecule has 2 saturated heterocycles. The molecule has 4 heteroatoms. The van der Waals surface area contributed by atoms with Crippen LogP contribution in [0.4, 0.5) is 4.79 Å². The molecule has 2 heterocycles. The monoisotopic (exact) mass is 239 g/mol. The topological polar surface area (TPSA) is 35.6 Å². The molecule has 0 aromatic rings. The lowest BCUT2D eigenvalue weighted by Crippen LogP contribution is -2.53. The summed E-state index contributed by atoms with van der Waals surface area (Å²) in [5, 5.41) is 3.28. The number of nitrogens with zero attached hydrogens (tertiary/aromatic N) is 2. The van der Waals surface area contributed by atoms with Gasteiger partial charge in [-0.15, -0.1) is 0 Å². The van der Waals surface area contributed by atoms with Crippen LogP contribution >= 0.6 is 0 Å². The van der Waals surface area contributed by atoms with E-state index in [4.69, 9.17) is 0 Å². The molecule has 0 aromatic heterocycles. The summed E-state index contributed by atoms with van der Waals surface area (Å²) in [6, 6.07) is 0.265. The fourth-order valence-corrected chi connectivity index (χ4v) is 2.88. The van der Waals surface area contributed by atoms with Gasteiger partial charge in [-0.2, -0.15) is 0 Å². The Kier molecular flexibility index (Phi) is 4.66. The van der Waals surface area contributed by atoms with Gasteiger partial charge in [0.2, 0.25) is 0 Å². The lowest BCUT2D eigenvalue weighted by atomic mass is 9.93. The summed E-state index contributed by atoms with van der Waals surface area (Å²) in [6.07, 6.45) is 5.00. The van der Waals surface area contributed by atoms with E-state index in [0.29, 0.717) is 0 Å². The Bertz CT molecular complexity index is 243. The summed E-state index contributed by atoms with van der Waals surface area (Å²) >= 11 is 0. The molecule has 0 radical (unpaired) electrons. The number of rotatable bonds is 2. The third-order valence-electron chi connectivity index (χ3n) is 3.97. The van der Waals surface area contributed by atoms with Crippen molar-refractivity contribution in [3.8, 4) is 0 Å². The fraction of sp³-hybridized carbons (Fsp3) is 0.923. The van der Waals surface area contributed by atoms with E-state index in [0.717, 1.165) is 45.2 Å². The maximum absolute atomic E-state index is 12.2. The van der Waals surface area contributed by atoms with E-state index in [2.05, 4.69) is 17.1 Å². The van der Waals surface area contributed by atoms with Crippen molar-refractivity contribution in [2.24, 2.45) is 5.92 Å². The SMILES string of the molecule is CCCC1CCN(C(=O)N2CCNCC2)CC1. The van der Waals surface area contributed by atoms with Gasteiger partial charge in [-0.1, -0.05) is 19.8 Å². The second-order valence-electron chi connectivity index (χ2n) is 5.24. The molecule has 2 aliphatic rings. The number of amides is 2. The van der Waals surface area contributed by atoms with Gasteiger partial charge < -0.3 is 15.1 Å². The fourth-order valence-electron chi connectivity index (χ4n) is 2.88. The minimum absolute atomic E-state index is 0.265. The van der Waals surface area contributed by atoms with Gasteiger partial charge in [0, 0.05) is 39.3 Å². The number of hydrogen-bond acceptors (Lipinski definition) is 2. The molecule has 98 valence electrons. The van der Waals surface area contributed by atoms with Gasteiger partial charge in [0.15, 0.2) is 0 Å². The van der Waals surface area contributed by atoms with Crippen molar-refractivity contribution in [1.29, 1.82) is 0 Å². The van der Waals surface area contributed by atoms with Crippen molar-refractivity contribution >= 4 is 6.03 Å². The first-order valence-electron chi connectivity index (χ1n) is 7.06. The normalized spacial score (nSPS) is 22.9. The Morgan fingerprint density at radius 1 is 1.12 bits per heavy atom. The molecule has 4 nitrogen and oxygen atoms in total. The van der Waals surface area contributed by atoms with Gasteiger partial charge in [0.25, 0.3) is 0 Å². The summed E-state index contributed by atoms with van der Waals surface area (Å²) in [5.41, 5.74) is 0. The molecular formula is C13H25N3O. The maximum atomic E-state index is 12.2. The van der Waals surface area contributed by atoms with Crippen molar-refractivity contribution < 1.29 is 4.79 Å². The Hall–Kier alpha value is -0.770. The molecule has 0 saturated carbocycles. The highest BCUT2D eigenvalue weighted by Crippen LogP contribution is 2.22. The average Bonchev–Trinajstić information content (AvgIpc) is 2.40. The van der Waals surface area contributed by atoms with Crippen LogP contribution in [0.15, 0.2) is 0 Å². The molecule has 0 spiro atoms. The van der Waals surface area contributed by atoms with Crippen molar-refractivity contribution in [1.82, 2.24) is 15.1 Å². The summed E-state index contributed by atoms with van der Waals surface area (Å²) in [6.45, 7) is 7.80. The van der Waals surface area contributed by atoms with E-state index in [1.165, 1.54) is 25.7 Å². The standard InChI is InChI=1S/C13H25N3O/c1-2-3-12-4-8-15(9-5-12)13(17)16-10-6-14-7-11-16/h12,14H,2-11H2,1H3. The lowest BCUT2D eigenvalue weighted by molar-refractivity contribution is 0.126. The minimum Gasteiger partial charge on any atom is -0.325 e. The Morgan fingerprint density at radius 2 is 1.71 bits per heavy atom. The molecule has 0 aromatic carbocycles. The van der Waals surface area contributed by atoms with Crippen molar-refractivity contribution in [2.45, 2.75) is 32.6 Å². The Balaban J connectivity index is 1.77. The van der Waals surface area contributed by atoms with Gasteiger partial charge in [-0.3, -0.25) is 0 Å². The van der Waals surface area contributed by atoms with Crippen LogP contribution in [0.2, 0.25) is 0 Å². The Labute approximate surface area is 104 Å². The van der Waals surface area contributed by atoms with Crippen molar-refractivity contribution in [3.05, 3.63) is 0 Å². The van der Waals surface area contributed by atoms with Crippen LogP contribution in [-0.2, 0) is 0 Å². The first-order valence-corrected chi connectivity index (χ1v) is 7.06. The van der Waals surface area contributed by atoms with E-state index in [9.17, 15) is 4.79 Å². The van der Waals surface area contributed by atoms with Gasteiger partial charge in [0.1, 0.15) is 0 Å². The van der Waals surface area contributed by atoms with Gasteiger partial charge in [-0.05, 0) is 18.8 Å². The van der Waals surface area contributed by atoms with Gasteiger partial charge in [0.05, 0.1) is 0 Å². The third-order valence-corrected chi connectivity index (χ3v) is 3.97. The number of hydrogen-bond donors (Lipinski definition) is 1. The molecule has 0 unspecified atom stereocenters. The summed E-state index contributed by atoms with van der Waals surface area (Å²) in [7, 11) is 0. The first-order chi connectivity index (χ1) is 8.31. The first kappa shape index (κ1) is 12.7. The number of carbonyl (C=O) groups excluding carboxylic acids is 1. The number of piperidine rings is 1. The highest BCUT2D eigenvalue weighted by atomic mass is 16.2. The van der Waals surface area contributed by atoms with E-state index in [1.807, 2.05) is 4.90 Å². The van der Waals surface area contributed by atoms with Gasteiger partial charge in [-0.25, -0.2) is 4.79 Å². The average molecular weight is 239 g/mol. The van der Waals surface area contributed by atoms with Crippen LogP contribution in [0, 0.1) is 5.92 Å². The lowest BCUT2D eigenvalue weighted by Gasteiger charge is -2.37. The highest BCUT2D eigenvalue weighted by Gasteiger charge is 2.26. The van der Waals surface area contributed by atoms with E-state index < -0.39 is 0 Å². The zero-order chi connectivity index (χ0) is 12.1. The van der Waals surface area contributed by atoms with E-state index in [-0.39, 0.29) is 6.03 Å². The smallest absolute Gasteiger partial charge is 0.320 e. The van der Waals surface area contributed by atoms with Crippen LogP contribution in [0.1, 0.15) is 32.6 Å². The maximum Gasteiger partial charge on any atom is 0.320 e. The quantitative estimate of drug-likeness (QED) is 0.793. The van der Waals surface area contributed by atoms with Crippen LogP contribution in [0.25, 0.3) is 0 Å². The minimum atomic E-state index is 0.265. The second-order valence-corrected chi connectivity index (χ2v) is 5.24. The molecule has 17 heavy (non-hydrogen) atoms. The summed E-state index contributed by atoms with van der Waals surface area (Å²) in [5.74, 6) is 0.854. The molecule has 2 fully saturated rings. The predicted molar refractivity (Wildman–Crippen MR) is 69.0 cm³/mol. The molecule has 0 bridgehead atoms. The third kappa shape index (κ3) is 3.35. The van der Waals surface area contributed by atoms with Crippen molar-refractivity contribution in [3.63, 3.8) is 0 Å². The molecular weight excluding hydrogens is 214 g/mol. The van der Waals surface area contributed by atoms with Gasteiger partial charge >= 0.3 is 6.03 Å². The van der Waals surface area contributed by atoms with E-state index in [1.54, 1.807) is 0 Å². The summed E-state index contributed by atoms with van der Waals surface area (Å²) < 4.78 is 0. The molecule has 0 atom stereocenters. The van der Waals surface area contributed by atoms with Crippen LogP contribution in [0.3, 0.4) is 0 Å². The zero-order valence-electron chi connectivity index (χ0n) is 11.0. The number of nitrogens with one attached hydrogen (secondary N) is 1. The molecule has 0 aliphatic carbocycles. The number of likely N-dealkylation sites (tertiary alicyclic amines) is 1. The van der Waals surface area contributed by atoms with Crippen LogP contribution in [0.5, 0.6) is 0 Å². The number of carbonyl (C=O) groups is 1. The number of urea groups is 1. The second kappa shape index (κ2) is 6.24. The zero-order valence-corrected chi connectivity index (χ0v) is 11.0. The largest absolute Gasteiger partial charge is 0.325 e. The van der Waals surface area contributed by atoms with Crippen molar-refractivity contribution in [2.75, 3.05) is 39.3 Å². The molecule has 2 aliphatic heterocycles. The van der Waals surface area contributed by atoms with Crippen LogP contribution in [-0.4, -0.2) is 55.1 Å². The molecule has 1 N–H and O–H groups in total. The predicted octanol–water partition coefficient (Wildman–Crippen LogP) is 1.52.